The van der Waals surface area contributed by atoms with Crippen molar-refractivity contribution in [2.75, 3.05) is 13.7 Å². The Morgan fingerprint density at radius 1 is 1.41 bits per heavy atom. The van der Waals surface area contributed by atoms with Crippen molar-refractivity contribution in [3.05, 3.63) is 44.3 Å². The van der Waals surface area contributed by atoms with Crippen LogP contribution in [0.2, 0.25) is 0 Å². The zero-order valence-corrected chi connectivity index (χ0v) is 17.2. The fourth-order valence-corrected chi connectivity index (χ4v) is 4.83. The number of halogens is 1. The fourth-order valence-electron chi connectivity index (χ4n) is 3.21. The van der Waals surface area contributed by atoms with Gasteiger partial charge in [-0.3, -0.25) is 9.59 Å². The number of aromatic nitrogens is 1. The quantitative estimate of drug-likeness (QED) is 0.529. The number of urea groups is 1. The molecule has 8 nitrogen and oxygen atoms in total. The second-order valence-corrected chi connectivity index (χ2v) is 8.18. The van der Waals surface area contributed by atoms with Crippen molar-refractivity contribution in [3.63, 3.8) is 0 Å². The molecule has 0 unspecified atom stereocenters. The molecule has 0 spiro atoms. The molecule has 2 aliphatic rings. The lowest BCUT2D eigenvalue weighted by Crippen LogP contribution is -2.52. The SMILES string of the molecule is COc1ccc2c(c1)C(=O)N(C[C@@]1(c3nc(Br)cs3)NC(=O)N(S)C1=O)C2. The molecule has 0 aliphatic carbocycles. The van der Waals surface area contributed by atoms with Crippen LogP contribution in [0.3, 0.4) is 0 Å². The van der Waals surface area contributed by atoms with E-state index in [0.717, 1.165) is 5.56 Å². The molecule has 27 heavy (non-hydrogen) atoms. The molecule has 0 saturated carbocycles. The molecule has 1 aromatic carbocycles. The fraction of sp³-hybridized carbons (Fsp3) is 0.250. The number of hydrogen-bond acceptors (Lipinski definition) is 7. The molecule has 140 valence electrons. The number of methoxy groups -OCH3 is 1. The standard InChI is InChI=1S/C16H13BrN4O4S2/c1-25-9-3-2-8-5-20(12(22)10(8)4-9)7-16(13-18-11(17)6-27-13)14(23)21(26)15(24)19-16/h2-4,6,26H,5,7H2,1H3,(H,19,24)/t16-/m0/s1. The van der Waals surface area contributed by atoms with Gasteiger partial charge in [0.1, 0.15) is 15.4 Å². The lowest BCUT2D eigenvalue weighted by Gasteiger charge is -2.29. The monoisotopic (exact) mass is 468 g/mol. The number of carbonyl (C=O) groups excluding carboxylic acids is 3. The van der Waals surface area contributed by atoms with Crippen molar-refractivity contribution in [2.45, 2.75) is 12.1 Å². The normalized spacial score (nSPS) is 21.7. The van der Waals surface area contributed by atoms with E-state index in [4.69, 9.17) is 4.74 Å². The lowest BCUT2D eigenvalue weighted by atomic mass is 10.00. The van der Waals surface area contributed by atoms with E-state index < -0.39 is 17.5 Å². The van der Waals surface area contributed by atoms with Gasteiger partial charge in [0, 0.05) is 17.5 Å². The number of imide groups is 1. The van der Waals surface area contributed by atoms with Crippen LogP contribution in [0.25, 0.3) is 0 Å². The summed E-state index contributed by atoms with van der Waals surface area (Å²) in [6.45, 7) is 0.270. The molecule has 3 heterocycles. The molecule has 1 aromatic heterocycles. The van der Waals surface area contributed by atoms with Crippen LogP contribution < -0.4 is 10.1 Å². The minimum absolute atomic E-state index is 0.0512. The Labute approximate surface area is 172 Å². The first-order chi connectivity index (χ1) is 12.9. The summed E-state index contributed by atoms with van der Waals surface area (Å²) in [4.78, 5) is 43.7. The van der Waals surface area contributed by atoms with Crippen molar-refractivity contribution < 1.29 is 19.1 Å². The number of nitrogens with one attached hydrogen (secondary N) is 1. The Hall–Kier alpha value is -2.11. The number of hydrogen-bond donors (Lipinski definition) is 2. The van der Waals surface area contributed by atoms with Crippen LogP contribution in [0.4, 0.5) is 4.79 Å². The van der Waals surface area contributed by atoms with E-state index in [0.29, 0.717) is 31.8 Å². The van der Waals surface area contributed by atoms with Crippen LogP contribution in [-0.2, 0) is 16.9 Å². The molecular weight excluding hydrogens is 456 g/mol. The average Bonchev–Trinajstić information content (AvgIpc) is 3.29. The van der Waals surface area contributed by atoms with Crippen molar-refractivity contribution in [1.29, 1.82) is 0 Å². The highest BCUT2D eigenvalue weighted by Gasteiger charge is 2.55. The van der Waals surface area contributed by atoms with Crippen LogP contribution in [0.15, 0.2) is 28.2 Å². The predicted molar refractivity (Wildman–Crippen MR) is 104 cm³/mol. The number of thiazole rings is 1. The van der Waals surface area contributed by atoms with E-state index in [-0.39, 0.29) is 12.5 Å². The van der Waals surface area contributed by atoms with Gasteiger partial charge < -0.3 is 15.0 Å². The van der Waals surface area contributed by atoms with Crippen molar-refractivity contribution >= 4 is 57.9 Å². The van der Waals surface area contributed by atoms with Gasteiger partial charge in [-0.15, -0.1) is 11.3 Å². The maximum atomic E-state index is 12.9. The molecule has 11 heteroatoms. The average molecular weight is 469 g/mol. The Bertz CT molecular complexity index is 981. The minimum Gasteiger partial charge on any atom is -0.497 e. The van der Waals surface area contributed by atoms with E-state index in [9.17, 15) is 14.4 Å². The highest BCUT2D eigenvalue weighted by atomic mass is 79.9. The summed E-state index contributed by atoms with van der Waals surface area (Å²) in [5.41, 5.74) is -0.128. The van der Waals surface area contributed by atoms with Gasteiger partial charge in [-0.2, -0.15) is 0 Å². The molecule has 0 bridgehead atoms. The maximum absolute atomic E-state index is 12.9. The number of amides is 4. The molecule has 4 amide bonds. The van der Waals surface area contributed by atoms with E-state index in [2.05, 4.69) is 39.0 Å². The number of rotatable bonds is 4. The van der Waals surface area contributed by atoms with E-state index in [1.807, 2.05) is 6.07 Å². The van der Waals surface area contributed by atoms with E-state index >= 15 is 0 Å². The smallest absolute Gasteiger partial charge is 0.335 e. The first-order valence-electron chi connectivity index (χ1n) is 7.79. The zero-order chi connectivity index (χ0) is 19.3. The lowest BCUT2D eigenvalue weighted by molar-refractivity contribution is -0.128. The van der Waals surface area contributed by atoms with Gasteiger partial charge in [-0.05, 0) is 33.6 Å². The van der Waals surface area contributed by atoms with Gasteiger partial charge >= 0.3 is 6.03 Å². The molecule has 1 N–H and O–H groups in total. The first-order valence-corrected chi connectivity index (χ1v) is 9.86. The summed E-state index contributed by atoms with van der Waals surface area (Å²) in [5, 5.41) is 4.75. The summed E-state index contributed by atoms with van der Waals surface area (Å²) in [7, 11) is 1.53. The third kappa shape index (κ3) is 2.80. The predicted octanol–water partition coefficient (Wildman–Crippen LogP) is 2.16. The molecule has 2 aromatic rings. The van der Waals surface area contributed by atoms with Crippen LogP contribution in [0.5, 0.6) is 5.75 Å². The first kappa shape index (κ1) is 18.3. The summed E-state index contributed by atoms with van der Waals surface area (Å²) in [6.07, 6.45) is 0. The van der Waals surface area contributed by atoms with Gasteiger partial charge in [-0.1, -0.05) is 18.9 Å². The Morgan fingerprint density at radius 2 is 2.19 bits per heavy atom. The van der Waals surface area contributed by atoms with Gasteiger partial charge in [0.05, 0.1) is 13.7 Å². The number of thiol groups is 1. The van der Waals surface area contributed by atoms with Crippen molar-refractivity contribution in [1.82, 2.24) is 19.5 Å². The molecule has 2 aliphatic heterocycles. The highest BCUT2D eigenvalue weighted by molar-refractivity contribution is 9.10. The van der Waals surface area contributed by atoms with E-state index in [1.165, 1.54) is 23.3 Å². The number of fused-ring (bicyclic) bond motifs is 1. The largest absolute Gasteiger partial charge is 0.497 e. The van der Waals surface area contributed by atoms with Crippen molar-refractivity contribution in [2.24, 2.45) is 0 Å². The second kappa shape index (κ2) is 6.50. The molecular formula is C16H13BrN4O4S2. The third-order valence-corrected chi connectivity index (χ3v) is 6.61. The van der Waals surface area contributed by atoms with Crippen LogP contribution in [0.1, 0.15) is 20.9 Å². The number of ether oxygens (including phenoxy) is 1. The molecule has 0 radical (unpaired) electrons. The van der Waals surface area contributed by atoms with Gasteiger partial charge in [0.15, 0.2) is 5.54 Å². The van der Waals surface area contributed by atoms with E-state index in [1.54, 1.807) is 17.5 Å². The second-order valence-electron chi connectivity index (χ2n) is 6.11. The molecule has 4 rings (SSSR count). The molecule has 1 saturated heterocycles. The third-order valence-electron chi connectivity index (χ3n) is 4.54. The topological polar surface area (TPSA) is 91.8 Å². The van der Waals surface area contributed by atoms with Crippen LogP contribution in [0, 0.1) is 0 Å². The summed E-state index contributed by atoms with van der Waals surface area (Å²) in [5.74, 6) is -0.230. The highest BCUT2D eigenvalue weighted by Crippen LogP contribution is 2.36. The summed E-state index contributed by atoms with van der Waals surface area (Å²) < 4.78 is 6.44. The van der Waals surface area contributed by atoms with Gasteiger partial charge in [-0.25, -0.2) is 14.1 Å². The van der Waals surface area contributed by atoms with Crippen LogP contribution in [-0.4, -0.2) is 45.7 Å². The summed E-state index contributed by atoms with van der Waals surface area (Å²) >= 11 is 8.45. The van der Waals surface area contributed by atoms with Crippen molar-refractivity contribution in [3.8, 4) is 5.75 Å². The Morgan fingerprint density at radius 3 is 2.78 bits per heavy atom. The minimum atomic E-state index is -1.47. The molecule has 1 atom stereocenters. The number of carbonyl (C=O) groups is 3. The van der Waals surface area contributed by atoms with Crippen LogP contribution >= 0.6 is 40.1 Å². The number of nitrogens with zero attached hydrogens (tertiary/aromatic N) is 3. The number of benzene rings is 1. The van der Waals surface area contributed by atoms with Gasteiger partial charge in [0.2, 0.25) is 0 Å². The Kier molecular flexibility index (Phi) is 4.40. The maximum Gasteiger partial charge on any atom is 0.335 e. The summed E-state index contributed by atoms with van der Waals surface area (Å²) in [6, 6.07) is 4.62. The molecule has 1 fully saturated rings. The van der Waals surface area contributed by atoms with Gasteiger partial charge in [0.25, 0.3) is 11.8 Å². The Balaban J connectivity index is 1.71. The zero-order valence-electron chi connectivity index (χ0n) is 13.9.